The van der Waals surface area contributed by atoms with E-state index in [1.54, 1.807) is 41.3 Å². The molecule has 0 radical (unpaired) electrons. The lowest BCUT2D eigenvalue weighted by Crippen LogP contribution is -2.23. The van der Waals surface area contributed by atoms with Crippen LogP contribution in [0.3, 0.4) is 0 Å². The lowest BCUT2D eigenvalue weighted by molar-refractivity contribution is -0.0892. The summed E-state index contributed by atoms with van der Waals surface area (Å²) in [6, 6.07) is 9.84. The number of nitrogens with one attached hydrogen (secondary N) is 1. The number of allylic oxidation sites excluding steroid dienone is 2. The van der Waals surface area contributed by atoms with Crippen LogP contribution in [-0.2, 0) is 13.1 Å². The number of fused-ring (bicyclic) bond motifs is 1. The zero-order chi connectivity index (χ0) is 22.6. The van der Waals surface area contributed by atoms with Crippen LogP contribution in [0.2, 0.25) is 0 Å². The Morgan fingerprint density at radius 1 is 1.29 bits per heavy atom. The molecule has 0 fully saturated rings. The number of aryl methyl sites for hydroxylation is 1. The summed E-state index contributed by atoms with van der Waals surface area (Å²) in [5, 5.41) is 7.83. The van der Waals surface area contributed by atoms with Crippen molar-refractivity contribution < 1.29 is 23.0 Å². The number of hydrogen-bond donors (Lipinski definition) is 1. The highest BCUT2D eigenvalue weighted by molar-refractivity contribution is 7.17. The molecule has 2 aromatic rings. The molecule has 1 N–H and O–H groups in total. The van der Waals surface area contributed by atoms with Gasteiger partial charge in [0.1, 0.15) is 18.1 Å². The molecule has 0 spiro atoms. The average molecular weight is 444 g/mol. The number of carbonyl (C=O) groups is 1. The van der Waals surface area contributed by atoms with Crippen molar-refractivity contribution in [3.05, 3.63) is 83.5 Å². The van der Waals surface area contributed by atoms with E-state index in [-0.39, 0.29) is 18.3 Å². The highest BCUT2D eigenvalue weighted by Crippen LogP contribution is 2.32. The number of halogens is 2. The normalized spacial score (nSPS) is 13.4. The molecule has 0 saturated carbocycles. The van der Waals surface area contributed by atoms with Crippen LogP contribution in [-0.4, -0.2) is 29.0 Å². The van der Waals surface area contributed by atoms with Crippen LogP contribution >= 0.6 is 9.24 Å². The number of hydrogen-bond acceptors (Lipinski definition) is 4. The maximum atomic E-state index is 12.9. The fourth-order valence-electron chi connectivity index (χ4n) is 3.34. The van der Waals surface area contributed by atoms with Crippen molar-refractivity contribution in [2.75, 3.05) is 6.61 Å². The lowest BCUT2D eigenvalue weighted by atomic mass is 10.0. The van der Waals surface area contributed by atoms with Crippen LogP contribution in [0, 0.1) is 12.3 Å². The van der Waals surface area contributed by atoms with E-state index in [9.17, 15) is 13.6 Å². The monoisotopic (exact) mass is 444 g/mol. The number of rotatable bonds is 9. The molecule has 1 aliphatic rings. The van der Waals surface area contributed by atoms with Crippen molar-refractivity contribution in [2.45, 2.75) is 25.9 Å². The van der Waals surface area contributed by atoms with Gasteiger partial charge < -0.3 is 19.8 Å². The van der Waals surface area contributed by atoms with Gasteiger partial charge in [-0.25, -0.2) is 0 Å². The van der Waals surface area contributed by atoms with E-state index in [0.29, 0.717) is 30.1 Å². The smallest absolute Gasteiger partial charge is 0.408 e. The molecule has 0 saturated heterocycles. The molecule has 0 bridgehead atoms. The second-order valence-electron chi connectivity index (χ2n) is 7.15. The Morgan fingerprint density at radius 3 is 2.65 bits per heavy atom. The van der Waals surface area contributed by atoms with Crippen LogP contribution in [0.1, 0.15) is 27.0 Å². The summed E-state index contributed by atoms with van der Waals surface area (Å²) < 4.78 is 36.0. The summed E-state index contributed by atoms with van der Waals surface area (Å²) in [6.45, 7) is 6.30. The van der Waals surface area contributed by atoms with Gasteiger partial charge in [0.05, 0.1) is 5.71 Å². The molecule has 1 aliphatic heterocycles. The van der Waals surface area contributed by atoms with E-state index in [1.165, 1.54) is 21.4 Å². The molecule has 1 heterocycles. The molecule has 162 valence electrons. The topological polar surface area (TPSA) is 62.6 Å². The van der Waals surface area contributed by atoms with Gasteiger partial charge in [-0.15, -0.1) is 0 Å². The number of amides is 1. The van der Waals surface area contributed by atoms with Gasteiger partial charge in [-0.2, -0.15) is 8.78 Å². The van der Waals surface area contributed by atoms with Gasteiger partial charge in [0.2, 0.25) is 0 Å². The molecule has 0 aromatic heterocycles. The van der Waals surface area contributed by atoms with Crippen LogP contribution < -0.4 is 9.47 Å². The molecule has 3 rings (SSSR count). The molecule has 8 heteroatoms. The molecule has 2 aromatic carbocycles. The van der Waals surface area contributed by atoms with Gasteiger partial charge in [-0.05, 0) is 63.2 Å². The van der Waals surface area contributed by atoms with Gasteiger partial charge in [-0.1, -0.05) is 30.9 Å². The van der Waals surface area contributed by atoms with Gasteiger partial charge >= 0.3 is 5.85 Å². The molecule has 1 atom stereocenters. The van der Waals surface area contributed by atoms with Crippen LogP contribution in [0.25, 0.3) is 0 Å². The first-order valence-corrected chi connectivity index (χ1v) is 10.1. The molecular weight excluding hydrogens is 421 g/mol. The number of alkyl halides is 2. The maximum absolute atomic E-state index is 12.9. The maximum Gasteiger partial charge on any atom is 0.408 e. The highest BCUT2D eigenvalue weighted by atomic mass is 31.0. The Bertz CT molecular complexity index is 1030. The van der Waals surface area contributed by atoms with Crippen molar-refractivity contribution in [3.63, 3.8) is 0 Å². The number of benzene rings is 2. The molecule has 31 heavy (non-hydrogen) atoms. The van der Waals surface area contributed by atoms with E-state index in [0.717, 1.165) is 16.7 Å². The first-order valence-electron chi connectivity index (χ1n) is 9.53. The van der Waals surface area contributed by atoms with E-state index in [1.807, 2.05) is 13.0 Å². The minimum Gasteiger partial charge on any atom is -0.487 e. The summed E-state index contributed by atoms with van der Waals surface area (Å²) >= 11 is 0. The standard InChI is InChI=1S/C23H23F2N2O3P/c1-3-4-5-18(26)14-29-20-10-15(2)21-17(11-20)13-27(22(21)28)12-16-6-8-19(9-7-16)30-23(24,25)31/h3-11,26H,1,12-14,31H2,2H3/b5-4-,26-18?. The molecular formula is C23H23F2N2O3P. The summed E-state index contributed by atoms with van der Waals surface area (Å²) in [5.41, 5.74) is 3.42. The molecule has 5 nitrogen and oxygen atoms in total. The van der Waals surface area contributed by atoms with Crippen molar-refractivity contribution >= 4 is 20.9 Å². The third-order valence-electron chi connectivity index (χ3n) is 4.63. The predicted molar refractivity (Wildman–Crippen MR) is 119 cm³/mol. The predicted octanol–water partition coefficient (Wildman–Crippen LogP) is 5.10. The summed E-state index contributed by atoms with van der Waals surface area (Å²) in [7, 11) is 1.33. The van der Waals surface area contributed by atoms with Crippen molar-refractivity contribution in [1.82, 2.24) is 4.90 Å². The van der Waals surface area contributed by atoms with E-state index >= 15 is 0 Å². The van der Waals surface area contributed by atoms with Crippen LogP contribution in [0.15, 0.2) is 61.2 Å². The zero-order valence-corrected chi connectivity index (χ0v) is 18.2. The second kappa shape index (κ2) is 9.40. The zero-order valence-electron chi connectivity index (χ0n) is 17.0. The van der Waals surface area contributed by atoms with Crippen molar-refractivity contribution in [1.29, 1.82) is 5.41 Å². The van der Waals surface area contributed by atoms with E-state index in [2.05, 4.69) is 11.3 Å². The minimum atomic E-state index is -3.33. The Balaban J connectivity index is 1.67. The number of carbonyl (C=O) groups excluding carboxylic acids is 1. The SMILES string of the molecule is C=C/C=C\C(=N)COc1cc(C)c2c(c1)CN(Cc1ccc(OC(F)(F)P)cc1)C2=O. The molecule has 0 aliphatic carbocycles. The fourth-order valence-corrected chi connectivity index (χ4v) is 3.47. The van der Waals surface area contributed by atoms with Gasteiger partial charge in [0.25, 0.3) is 5.91 Å². The Kier molecular flexibility index (Phi) is 6.86. The summed E-state index contributed by atoms with van der Waals surface area (Å²) in [6.07, 6.45) is 4.86. The summed E-state index contributed by atoms with van der Waals surface area (Å²) in [4.78, 5) is 14.6. The van der Waals surface area contributed by atoms with Gasteiger partial charge in [0.15, 0.2) is 0 Å². The fraction of sp³-hybridized carbons (Fsp3) is 0.217. The number of ether oxygens (including phenoxy) is 2. The van der Waals surface area contributed by atoms with Gasteiger partial charge in [-0.3, -0.25) is 4.79 Å². The third-order valence-corrected chi connectivity index (χ3v) is 4.75. The van der Waals surface area contributed by atoms with Crippen molar-refractivity contribution in [3.8, 4) is 11.5 Å². The van der Waals surface area contributed by atoms with Crippen LogP contribution in [0.5, 0.6) is 11.5 Å². The number of nitrogens with zero attached hydrogens (tertiary/aromatic N) is 1. The third kappa shape index (κ3) is 5.98. The van der Waals surface area contributed by atoms with Crippen molar-refractivity contribution in [2.24, 2.45) is 0 Å². The highest BCUT2D eigenvalue weighted by Gasteiger charge is 2.30. The Morgan fingerprint density at radius 2 is 2.00 bits per heavy atom. The average Bonchev–Trinajstić information content (AvgIpc) is 3.01. The molecule has 1 amide bonds. The Labute approximate surface area is 182 Å². The minimum absolute atomic E-state index is 0.0472. The summed E-state index contributed by atoms with van der Waals surface area (Å²) in [5.74, 6) is -2.77. The van der Waals surface area contributed by atoms with Crippen LogP contribution in [0.4, 0.5) is 8.78 Å². The first-order chi connectivity index (χ1) is 14.7. The second-order valence-corrected chi connectivity index (χ2v) is 7.82. The van der Waals surface area contributed by atoms with E-state index < -0.39 is 5.85 Å². The molecule has 1 unspecified atom stereocenters. The largest absolute Gasteiger partial charge is 0.487 e. The Hall–Kier alpha value is -3.05. The quantitative estimate of drug-likeness (QED) is 0.333. The lowest BCUT2D eigenvalue weighted by Gasteiger charge is -2.17. The van der Waals surface area contributed by atoms with Gasteiger partial charge in [0, 0.05) is 18.7 Å². The van der Waals surface area contributed by atoms with E-state index in [4.69, 9.17) is 10.1 Å². The first kappa shape index (κ1) is 22.6.